The van der Waals surface area contributed by atoms with Gasteiger partial charge in [-0.25, -0.2) is 13.1 Å². The Morgan fingerprint density at radius 2 is 2.00 bits per heavy atom. The number of hydrogen-bond acceptors (Lipinski definition) is 3. The molecular weight excluding hydrogens is 319 g/mol. The summed E-state index contributed by atoms with van der Waals surface area (Å²) in [6.07, 6.45) is 4.39. The van der Waals surface area contributed by atoms with E-state index in [0.717, 1.165) is 25.7 Å². The first kappa shape index (κ1) is 17.7. The smallest absolute Gasteiger partial charge is 0.240 e. The second-order valence-corrected chi connectivity index (χ2v) is 7.12. The summed E-state index contributed by atoms with van der Waals surface area (Å²) in [6.45, 7) is 0.324. The molecule has 1 unspecified atom stereocenters. The van der Waals surface area contributed by atoms with Gasteiger partial charge in [0.2, 0.25) is 10.0 Å². The normalized spacial score (nSPS) is 17.7. The Kier molecular flexibility index (Phi) is 6.75. The van der Waals surface area contributed by atoms with Crippen molar-refractivity contribution in [3.63, 3.8) is 0 Å². The van der Waals surface area contributed by atoms with Crippen LogP contribution in [0.3, 0.4) is 0 Å². The second-order valence-electron chi connectivity index (χ2n) is 4.97. The summed E-state index contributed by atoms with van der Waals surface area (Å²) in [5.74, 6) is 0.346. The minimum Gasteiger partial charge on any atom is -0.329 e. The molecule has 114 valence electrons. The lowest BCUT2D eigenvalue weighted by atomic mass is 9.99. The fourth-order valence-corrected chi connectivity index (χ4v) is 4.22. The third-order valence-electron chi connectivity index (χ3n) is 3.64. The minimum atomic E-state index is -3.55. The van der Waals surface area contributed by atoms with Crippen molar-refractivity contribution in [2.24, 2.45) is 11.7 Å². The van der Waals surface area contributed by atoms with Crippen molar-refractivity contribution in [2.75, 3.05) is 6.54 Å². The van der Waals surface area contributed by atoms with E-state index < -0.39 is 10.0 Å². The van der Waals surface area contributed by atoms with Gasteiger partial charge in [-0.3, -0.25) is 0 Å². The number of benzene rings is 1. The fraction of sp³-hybridized carbons (Fsp3) is 0.538. The average molecular weight is 339 g/mol. The Morgan fingerprint density at radius 1 is 1.35 bits per heavy atom. The van der Waals surface area contributed by atoms with Gasteiger partial charge in [0.15, 0.2) is 0 Å². The van der Waals surface area contributed by atoms with Crippen LogP contribution in [0.5, 0.6) is 0 Å². The highest BCUT2D eigenvalue weighted by molar-refractivity contribution is 7.89. The Labute approximate surface area is 131 Å². The van der Waals surface area contributed by atoms with Crippen molar-refractivity contribution < 1.29 is 8.42 Å². The zero-order chi connectivity index (χ0) is 13.9. The molecule has 1 aromatic rings. The van der Waals surface area contributed by atoms with Gasteiger partial charge >= 0.3 is 0 Å². The highest BCUT2D eigenvalue weighted by atomic mass is 35.5. The van der Waals surface area contributed by atoms with Crippen LogP contribution in [0, 0.1) is 5.92 Å². The average Bonchev–Trinajstić information content (AvgIpc) is 2.90. The SMILES string of the molecule is Cl.NCC(NS(=O)(=O)c1cccc(Cl)c1)C1CCCC1. The van der Waals surface area contributed by atoms with Crippen molar-refractivity contribution >= 4 is 34.0 Å². The number of sulfonamides is 1. The molecule has 3 N–H and O–H groups in total. The molecule has 0 saturated heterocycles. The molecule has 20 heavy (non-hydrogen) atoms. The molecule has 0 aromatic heterocycles. The predicted molar refractivity (Wildman–Crippen MR) is 83.8 cm³/mol. The standard InChI is InChI=1S/C13H19ClN2O2S.ClH/c14-11-6-3-7-12(8-11)19(17,18)16-13(9-15)10-4-1-2-5-10;/h3,6-8,10,13,16H,1-2,4-5,9,15H2;1H. The van der Waals surface area contributed by atoms with Gasteiger partial charge in [0.25, 0.3) is 0 Å². The summed E-state index contributed by atoms with van der Waals surface area (Å²) in [4.78, 5) is 0.191. The van der Waals surface area contributed by atoms with Crippen LogP contribution in [-0.2, 0) is 10.0 Å². The monoisotopic (exact) mass is 338 g/mol. The fourth-order valence-electron chi connectivity index (χ4n) is 2.60. The molecule has 1 saturated carbocycles. The van der Waals surface area contributed by atoms with Crippen molar-refractivity contribution in [3.8, 4) is 0 Å². The first-order valence-electron chi connectivity index (χ1n) is 6.51. The van der Waals surface area contributed by atoms with Crippen molar-refractivity contribution in [1.29, 1.82) is 0 Å². The Morgan fingerprint density at radius 3 is 2.55 bits per heavy atom. The molecule has 0 spiro atoms. The molecule has 0 radical (unpaired) electrons. The topological polar surface area (TPSA) is 72.2 Å². The van der Waals surface area contributed by atoms with Crippen molar-refractivity contribution in [2.45, 2.75) is 36.6 Å². The number of halogens is 2. The Hall–Kier alpha value is -0.330. The zero-order valence-corrected chi connectivity index (χ0v) is 13.5. The summed E-state index contributed by atoms with van der Waals surface area (Å²) in [7, 11) is -3.55. The van der Waals surface area contributed by atoms with Gasteiger partial charge in [0, 0.05) is 17.6 Å². The van der Waals surface area contributed by atoms with Gasteiger partial charge in [0.05, 0.1) is 4.90 Å². The molecule has 0 amide bonds. The summed E-state index contributed by atoms with van der Waals surface area (Å²) in [5, 5.41) is 0.410. The molecule has 4 nitrogen and oxygen atoms in total. The molecule has 0 aliphatic heterocycles. The van der Waals surface area contributed by atoms with Crippen LogP contribution in [0.1, 0.15) is 25.7 Å². The van der Waals surface area contributed by atoms with Gasteiger partial charge < -0.3 is 5.73 Å². The van der Waals surface area contributed by atoms with Gasteiger partial charge in [-0.05, 0) is 37.0 Å². The van der Waals surface area contributed by atoms with Crippen LogP contribution < -0.4 is 10.5 Å². The van der Waals surface area contributed by atoms with E-state index in [1.165, 1.54) is 12.1 Å². The minimum absolute atomic E-state index is 0. The summed E-state index contributed by atoms with van der Waals surface area (Å²) in [6, 6.07) is 6.08. The van der Waals surface area contributed by atoms with Crippen LogP contribution in [0.4, 0.5) is 0 Å². The molecule has 0 heterocycles. The maximum Gasteiger partial charge on any atom is 0.240 e. The molecule has 2 rings (SSSR count). The molecule has 0 bridgehead atoms. The Balaban J connectivity index is 0.00000200. The summed E-state index contributed by atoms with van der Waals surface area (Å²) < 4.78 is 27.3. The van der Waals surface area contributed by atoms with Gasteiger partial charge in [-0.1, -0.05) is 30.5 Å². The lowest BCUT2D eigenvalue weighted by Crippen LogP contribution is -2.44. The molecular formula is C13H20Cl2N2O2S. The maximum atomic E-state index is 12.3. The lowest BCUT2D eigenvalue weighted by Gasteiger charge is -2.23. The quantitative estimate of drug-likeness (QED) is 0.866. The second kappa shape index (κ2) is 7.61. The Bertz CT molecular complexity index is 531. The largest absolute Gasteiger partial charge is 0.329 e. The molecule has 1 atom stereocenters. The van der Waals surface area contributed by atoms with Gasteiger partial charge in [-0.15, -0.1) is 12.4 Å². The van der Waals surface area contributed by atoms with Crippen LogP contribution in [0.2, 0.25) is 5.02 Å². The van der Waals surface area contributed by atoms with Gasteiger partial charge in [-0.2, -0.15) is 0 Å². The van der Waals surface area contributed by atoms with E-state index in [0.29, 0.717) is 17.5 Å². The molecule has 1 aliphatic carbocycles. The van der Waals surface area contributed by atoms with E-state index >= 15 is 0 Å². The van der Waals surface area contributed by atoms with E-state index in [2.05, 4.69) is 4.72 Å². The van der Waals surface area contributed by atoms with E-state index in [1.807, 2.05) is 0 Å². The van der Waals surface area contributed by atoms with Crippen molar-refractivity contribution in [3.05, 3.63) is 29.3 Å². The predicted octanol–water partition coefficient (Wildman–Crippen LogP) is 2.56. The zero-order valence-electron chi connectivity index (χ0n) is 11.1. The van der Waals surface area contributed by atoms with Crippen LogP contribution >= 0.6 is 24.0 Å². The van der Waals surface area contributed by atoms with Crippen LogP contribution in [-0.4, -0.2) is 21.0 Å². The van der Waals surface area contributed by atoms with E-state index in [9.17, 15) is 8.42 Å². The van der Waals surface area contributed by atoms with E-state index in [4.69, 9.17) is 17.3 Å². The molecule has 7 heteroatoms. The number of rotatable bonds is 5. The van der Waals surface area contributed by atoms with E-state index in [-0.39, 0.29) is 23.3 Å². The van der Waals surface area contributed by atoms with Crippen molar-refractivity contribution in [1.82, 2.24) is 4.72 Å². The van der Waals surface area contributed by atoms with Crippen LogP contribution in [0.15, 0.2) is 29.2 Å². The van der Waals surface area contributed by atoms with Crippen LogP contribution in [0.25, 0.3) is 0 Å². The summed E-state index contributed by atoms with van der Waals surface area (Å²) >= 11 is 5.83. The first-order chi connectivity index (χ1) is 9.03. The van der Waals surface area contributed by atoms with Gasteiger partial charge in [0.1, 0.15) is 0 Å². The maximum absolute atomic E-state index is 12.3. The molecule has 1 aromatic carbocycles. The number of hydrogen-bond donors (Lipinski definition) is 2. The third-order valence-corrected chi connectivity index (χ3v) is 5.36. The number of nitrogens with one attached hydrogen (secondary N) is 1. The molecule has 1 fully saturated rings. The number of nitrogens with two attached hydrogens (primary N) is 1. The van der Waals surface area contributed by atoms with E-state index in [1.54, 1.807) is 12.1 Å². The first-order valence-corrected chi connectivity index (χ1v) is 8.37. The summed E-state index contributed by atoms with van der Waals surface area (Å²) in [5.41, 5.74) is 5.71. The third kappa shape index (κ3) is 4.33. The highest BCUT2D eigenvalue weighted by Crippen LogP contribution is 2.28. The molecule has 1 aliphatic rings. The lowest BCUT2D eigenvalue weighted by molar-refractivity contribution is 0.405. The highest BCUT2D eigenvalue weighted by Gasteiger charge is 2.28.